The number of carbonyl (C=O) groups is 2. The number of aromatic carboxylic acids is 1. The van der Waals surface area contributed by atoms with Crippen LogP contribution in [0.15, 0.2) is 10.7 Å². The fourth-order valence-corrected chi connectivity index (χ4v) is 2.36. The van der Waals surface area contributed by atoms with Crippen LogP contribution in [0.5, 0.6) is 0 Å². The standard InChI is InChI=1S/C13H16BrN5O3/c1-7-10(14)8(2)19(16-7)5-4-15-12(20)9-6-18(3)17-11(9)13(21)22/h6H,4-5H2,1-3H3,(H,15,20)(H,21,22). The number of hydrogen-bond donors (Lipinski definition) is 2. The van der Waals surface area contributed by atoms with E-state index < -0.39 is 11.9 Å². The van der Waals surface area contributed by atoms with Crippen LogP contribution in [0.3, 0.4) is 0 Å². The second kappa shape index (κ2) is 6.30. The van der Waals surface area contributed by atoms with Gasteiger partial charge in [-0.2, -0.15) is 10.2 Å². The molecule has 0 fully saturated rings. The highest BCUT2D eigenvalue weighted by atomic mass is 79.9. The highest BCUT2D eigenvalue weighted by Crippen LogP contribution is 2.19. The molecule has 0 aliphatic rings. The normalized spacial score (nSPS) is 10.7. The van der Waals surface area contributed by atoms with E-state index in [2.05, 4.69) is 31.4 Å². The molecule has 2 rings (SSSR count). The van der Waals surface area contributed by atoms with Gasteiger partial charge in [0, 0.05) is 25.5 Å². The van der Waals surface area contributed by atoms with E-state index in [4.69, 9.17) is 5.11 Å². The van der Waals surface area contributed by atoms with E-state index in [1.165, 1.54) is 10.9 Å². The summed E-state index contributed by atoms with van der Waals surface area (Å²) in [5, 5.41) is 19.8. The number of aryl methyl sites for hydroxylation is 2. The first kappa shape index (κ1) is 16.2. The van der Waals surface area contributed by atoms with E-state index in [9.17, 15) is 9.59 Å². The van der Waals surface area contributed by atoms with Crippen LogP contribution in [0.25, 0.3) is 0 Å². The van der Waals surface area contributed by atoms with Gasteiger partial charge in [0.1, 0.15) is 0 Å². The molecule has 2 heterocycles. The zero-order chi connectivity index (χ0) is 16.4. The number of carboxylic acid groups (broad SMARTS) is 1. The molecule has 8 nitrogen and oxygen atoms in total. The van der Waals surface area contributed by atoms with Crippen molar-refractivity contribution in [3.05, 3.63) is 33.3 Å². The van der Waals surface area contributed by atoms with E-state index in [-0.39, 0.29) is 11.3 Å². The predicted octanol–water partition coefficient (Wildman–Crippen LogP) is 1.12. The molecule has 0 bridgehead atoms. The van der Waals surface area contributed by atoms with Crippen molar-refractivity contribution < 1.29 is 14.7 Å². The molecule has 0 aliphatic carbocycles. The van der Waals surface area contributed by atoms with Crippen LogP contribution >= 0.6 is 15.9 Å². The SMILES string of the molecule is Cc1nn(CCNC(=O)c2cn(C)nc2C(=O)O)c(C)c1Br. The lowest BCUT2D eigenvalue weighted by Crippen LogP contribution is -2.28. The summed E-state index contributed by atoms with van der Waals surface area (Å²) in [5.41, 5.74) is 1.64. The molecular formula is C13H16BrN5O3. The number of amides is 1. The topological polar surface area (TPSA) is 102 Å². The Kier molecular flexibility index (Phi) is 4.65. The van der Waals surface area contributed by atoms with Crippen molar-refractivity contribution in [3.63, 3.8) is 0 Å². The monoisotopic (exact) mass is 369 g/mol. The van der Waals surface area contributed by atoms with Crippen molar-refractivity contribution in [1.29, 1.82) is 0 Å². The van der Waals surface area contributed by atoms with Crippen LogP contribution in [0, 0.1) is 13.8 Å². The highest BCUT2D eigenvalue weighted by molar-refractivity contribution is 9.10. The van der Waals surface area contributed by atoms with Crippen LogP contribution in [0.2, 0.25) is 0 Å². The number of nitrogens with one attached hydrogen (secondary N) is 1. The van der Waals surface area contributed by atoms with Gasteiger partial charge < -0.3 is 10.4 Å². The lowest BCUT2D eigenvalue weighted by Gasteiger charge is -2.06. The Morgan fingerprint density at radius 1 is 1.36 bits per heavy atom. The van der Waals surface area contributed by atoms with Crippen molar-refractivity contribution in [2.24, 2.45) is 7.05 Å². The van der Waals surface area contributed by atoms with Crippen LogP contribution in [0.1, 0.15) is 32.2 Å². The van der Waals surface area contributed by atoms with Crippen molar-refractivity contribution in [3.8, 4) is 0 Å². The maximum absolute atomic E-state index is 12.1. The summed E-state index contributed by atoms with van der Waals surface area (Å²) in [5.74, 6) is -1.70. The molecular weight excluding hydrogens is 354 g/mol. The summed E-state index contributed by atoms with van der Waals surface area (Å²) < 4.78 is 4.02. The Morgan fingerprint density at radius 3 is 2.59 bits per heavy atom. The van der Waals surface area contributed by atoms with Gasteiger partial charge in [0.15, 0.2) is 5.69 Å². The minimum absolute atomic E-state index is 0.0459. The van der Waals surface area contributed by atoms with Gasteiger partial charge >= 0.3 is 5.97 Å². The average Bonchev–Trinajstić information content (AvgIpc) is 2.96. The fourth-order valence-electron chi connectivity index (χ4n) is 2.08. The molecule has 0 saturated carbocycles. The summed E-state index contributed by atoms with van der Waals surface area (Å²) in [6, 6.07) is 0. The van der Waals surface area contributed by atoms with Gasteiger partial charge in [0.25, 0.3) is 5.91 Å². The molecule has 0 saturated heterocycles. The number of rotatable bonds is 5. The Bertz CT molecular complexity index is 734. The van der Waals surface area contributed by atoms with Gasteiger partial charge in [0.2, 0.25) is 0 Å². The molecule has 1 amide bonds. The van der Waals surface area contributed by atoms with Gasteiger partial charge in [-0.1, -0.05) is 0 Å². The molecule has 0 atom stereocenters. The van der Waals surface area contributed by atoms with E-state index in [1.54, 1.807) is 11.7 Å². The van der Waals surface area contributed by atoms with Crippen molar-refractivity contribution in [2.45, 2.75) is 20.4 Å². The Labute approximate surface area is 135 Å². The Hall–Kier alpha value is -2.16. The Morgan fingerprint density at radius 2 is 2.05 bits per heavy atom. The number of carbonyl (C=O) groups excluding carboxylic acids is 1. The molecule has 2 N–H and O–H groups in total. The van der Waals surface area contributed by atoms with Crippen molar-refractivity contribution in [1.82, 2.24) is 24.9 Å². The summed E-state index contributed by atoms with van der Waals surface area (Å²) in [6.45, 7) is 4.64. The molecule has 9 heteroatoms. The van der Waals surface area contributed by atoms with Crippen molar-refractivity contribution >= 4 is 27.8 Å². The third kappa shape index (κ3) is 3.19. The summed E-state index contributed by atoms with van der Waals surface area (Å²) >= 11 is 3.44. The molecule has 118 valence electrons. The maximum Gasteiger partial charge on any atom is 0.357 e. The number of carboxylic acids is 1. The zero-order valence-electron chi connectivity index (χ0n) is 12.4. The second-order valence-corrected chi connectivity index (χ2v) is 5.63. The summed E-state index contributed by atoms with van der Waals surface area (Å²) in [4.78, 5) is 23.1. The molecule has 0 unspecified atom stereocenters. The quantitative estimate of drug-likeness (QED) is 0.822. The first-order valence-corrected chi connectivity index (χ1v) is 7.35. The van der Waals surface area contributed by atoms with Crippen LogP contribution in [-0.2, 0) is 13.6 Å². The lowest BCUT2D eigenvalue weighted by molar-refractivity contribution is 0.0684. The first-order valence-electron chi connectivity index (χ1n) is 6.56. The Balaban J connectivity index is 2.01. The molecule has 0 aromatic carbocycles. The van der Waals surface area contributed by atoms with Gasteiger partial charge in [-0.25, -0.2) is 4.79 Å². The fraction of sp³-hybridized carbons (Fsp3) is 0.385. The van der Waals surface area contributed by atoms with Crippen LogP contribution < -0.4 is 5.32 Å². The lowest BCUT2D eigenvalue weighted by atomic mass is 10.2. The molecule has 0 radical (unpaired) electrons. The van der Waals surface area contributed by atoms with Gasteiger partial charge in [-0.3, -0.25) is 14.2 Å². The van der Waals surface area contributed by atoms with Crippen molar-refractivity contribution in [2.75, 3.05) is 6.54 Å². The van der Waals surface area contributed by atoms with E-state index in [0.29, 0.717) is 13.1 Å². The van der Waals surface area contributed by atoms with Crippen LogP contribution in [0.4, 0.5) is 0 Å². The van der Waals surface area contributed by atoms with Crippen LogP contribution in [-0.4, -0.2) is 43.1 Å². The molecule has 2 aromatic heterocycles. The summed E-state index contributed by atoms with van der Waals surface area (Å²) in [7, 11) is 1.57. The predicted molar refractivity (Wildman–Crippen MR) is 81.9 cm³/mol. The first-order chi connectivity index (χ1) is 10.3. The second-order valence-electron chi connectivity index (χ2n) is 4.83. The largest absolute Gasteiger partial charge is 0.476 e. The number of hydrogen-bond acceptors (Lipinski definition) is 4. The van der Waals surface area contributed by atoms with Gasteiger partial charge in [0.05, 0.1) is 22.3 Å². The number of halogens is 1. The maximum atomic E-state index is 12.1. The molecule has 0 spiro atoms. The third-order valence-corrected chi connectivity index (χ3v) is 4.33. The summed E-state index contributed by atoms with van der Waals surface area (Å²) in [6.07, 6.45) is 1.39. The molecule has 0 aliphatic heterocycles. The highest BCUT2D eigenvalue weighted by Gasteiger charge is 2.20. The number of aromatic nitrogens is 4. The zero-order valence-corrected chi connectivity index (χ0v) is 14.0. The van der Waals surface area contributed by atoms with E-state index in [0.717, 1.165) is 15.9 Å². The van der Waals surface area contributed by atoms with Gasteiger partial charge in [-0.05, 0) is 29.8 Å². The number of nitrogens with zero attached hydrogens (tertiary/aromatic N) is 4. The molecule has 22 heavy (non-hydrogen) atoms. The third-order valence-electron chi connectivity index (χ3n) is 3.18. The average molecular weight is 370 g/mol. The van der Waals surface area contributed by atoms with Gasteiger partial charge in [-0.15, -0.1) is 0 Å². The minimum Gasteiger partial charge on any atom is -0.476 e. The molecule has 2 aromatic rings. The smallest absolute Gasteiger partial charge is 0.357 e. The van der Waals surface area contributed by atoms with E-state index >= 15 is 0 Å². The minimum atomic E-state index is -1.23. The van der Waals surface area contributed by atoms with E-state index in [1.807, 2.05) is 13.8 Å².